The highest BCUT2D eigenvalue weighted by molar-refractivity contribution is 7.09. The van der Waals surface area contributed by atoms with Crippen molar-refractivity contribution in [2.45, 2.75) is 6.42 Å². The lowest BCUT2D eigenvalue weighted by atomic mass is 10.2. The minimum atomic E-state index is -0.170. The van der Waals surface area contributed by atoms with Gasteiger partial charge in [0.25, 0.3) is 5.56 Å². The zero-order valence-electron chi connectivity index (χ0n) is 9.21. The summed E-state index contributed by atoms with van der Waals surface area (Å²) >= 11 is 7.40. The smallest absolute Gasteiger partial charge is 0.267 e. The van der Waals surface area contributed by atoms with Gasteiger partial charge in [-0.25, -0.2) is 4.98 Å². The first-order valence-corrected chi connectivity index (χ1v) is 6.55. The first-order chi connectivity index (χ1) is 8.74. The summed E-state index contributed by atoms with van der Waals surface area (Å²) in [6, 6.07) is 7.24. The van der Waals surface area contributed by atoms with Gasteiger partial charge in [0.15, 0.2) is 5.65 Å². The van der Waals surface area contributed by atoms with E-state index in [0.717, 1.165) is 4.88 Å². The summed E-state index contributed by atoms with van der Waals surface area (Å²) < 4.78 is 1.24. The molecule has 3 aromatic heterocycles. The van der Waals surface area contributed by atoms with Crippen LogP contribution in [0.4, 0.5) is 0 Å². The Balaban J connectivity index is 2.14. The molecule has 0 bridgehead atoms. The van der Waals surface area contributed by atoms with Gasteiger partial charge in [-0.3, -0.25) is 4.79 Å². The predicted molar refractivity (Wildman–Crippen MR) is 71.4 cm³/mol. The fraction of sp³-hybridized carbons (Fsp3) is 0.0833. The Morgan fingerprint density at radius 1 is 1.33 bits per heavy atom. The van der Waals surface area contributed by atoms with E-state index in [-0.39, 0.29) is 10.7 Å². The molecular weight excluding hydrogens is 270 g/mol. The molecule has 18 heavy (non-hydrogen) atoms. The average Bonchev–Trinajstić information content (AvgIpc) is 2.86. The highest BCUT2D eigenvalue weighted by Crippen LogP contribution is 2.12. The number of thiophene rings is 1. The SMILES string of the molecule is O=c1c(Cc2cccs2)cnc2ccc(Cl)nn12. The van der Waals surface area contributed by atoms with Gasteiger partial charge in [-0.2, -0.15) is 9.61 Å². The van der Waals surface area contributed by atoms with Crippen molar-refractivity contribution in [2.75, 3.05) is 0 Å². The summed E-state index contributed by atoms with van der Waals surface area (Å²) in [5.41, 5.74) is 0.944. The molecule has 0 unspecified atom stereocenters. The Hall–Kier alpha value is -1.72. The Morgan fingerprint density at radius 3 is 3.00 bits per heavy atom. The standard InChI is InChI=1S/C12H8ClN3OS/c13-10-3-4-11-14-7-8(12(17)16(11)15-10)6-9-2-1-5-18-9/h1-5,7H,6H2. The molecule has 0 aromatic carbocycles. The van der Waals surface area contributed by atoms with Gasteiger partial charge in [0.1, 0.15) is 5.15 Å². The largest absolute Gasteiger partial charge is 0.278 e. The maximum atomic E-state index is 12.2. The van der Waals surface area contributed by atoms with Gasteiger partial charge in [-0.1, -0.05) is 17.7 Å². The zero-order chi connectivity index (χ0) is 12.5. The number of aromatic nitrogens is 3. The topological polar surface area (TPSA) is 47.3 Å². The van der Waals surface area contributed by atoms with Crippen LogP contribution in [0.15, 0.2) is 40.6 Å². The maximum absolute atomic E-state index is 12.2. The van der Waals surface area contributed by atoms with Crippen LogP contribution in [0.3, 0.4) is 0 Å². The van der Waals surface area contributed by atoms with Gasteiger partial charge >= 0.3 is 0 Å². The van der Waals surface area contributed by atoms with Crippen LogP contribution >= 0.6 is 22.9 Å². The van der Waals surface area contributed by atoms with Gasteiger partial charge in [0.2, 0.25) is 0 Å². The van der Waals surface area contributed by atoms with E-state index >= 15 is 0 Å². The number of hydrogen-bond acceptors (Lipinski definition) is 4. The summed E-state index contributed by atoms with van der Waals surface area (Å²) in [5, 5.41) is 6.24. The molecule has 0 aliphatic carbocycles. The lowest BCUT2D eigenvalue weighted by Crippen LogP contribution is -2.21. The van der Waals surface area contributed by atoms with Crippen molar-refractivity contribution < 1.29 is 0 Å². The summed E-state index contributed by atoms with van der Waals surface area (Å²) in [7, 11) is 0. The number of fused-ring (bicyclic) bond motifs is 1. The fourth-order valence-electron chi connectivity index (χ4n) is 1.70. The predicted octanol–water partition coefficient (Wildman–Crippen LogP) is 2.40. The molecule has 0 saturated heterocycles. The fourth-order valence-corrected chi connectivity index (χ4v) is 2.57. The van der Waals surface area contributed by atoms with Gasteiger partial charge < -0.3 is 0 Å². The Kier molecular flexibility index (Phi) is 2.85. The summed E-state index contributed by atoms with van der Waals surface area (Å²) in [6.45, 7) is 0. The van der Waals surface area contributed by atoms with E-state index < -0.39 is 0 Å². The second-order valence-electron chi connectivity index (χ2n) is 3.77. The van der Waals surface area contributed by atoms with E-state index in [9.17, 15) is 4.79 Å². The third kappa shape index (κ3) is 2.02. The van der Waals surface area contributed by atoms with Crippen molar-refractivity contribution in [3.8, 4) is 0 Å². The van der Waals surface area contributed by atoms with Crippen molar-refractivity contribution >= 4 is 28.6 Å². The normalized spacial score (nSPS) is 10.9. The van der Waals surface area contributed by atoms with Crippen LogP contribution in [-0.2, 0) is 6.42 Å². The minimum Gasteiger partial charge on any atom is -0.267 e. The van der Waals surface area contributed by atoms with E-state index in [4.69, 9.17) is 11.6 Å². The van der Waals surface area contributed by atoms with Crippen LogP contribution in [0.25, 0.3) is 5.65 Å². The number of rotatable bonds is 2. The second kappa shape index (κ2) is 4.51. The van der Waals surface area contributed by atoms with E-state index in [1.54, 1.807) is 29.7 Å². The monoisotopic (exact) mass is 277 g/mol. The molecule has 0 atom stereocenters. The average molecular weight is 278 g/mol. The highest BCUT2D eigenvalue weighted by Gasteiger charge is 2.07. The summed E-state index contributed by atoms with van der Waals surface area (Å²) in [4.78, 5) is 17.5. The molecule has 0 aliphatic rings. The molecule has 0 fully saturated rings. The summed E-state index contributed by atoms with van der Waals surface area (Å²) in [6.07, 6.45) is 2.17. The molecular formula is C12H8ClN3OS. The van der Waals surface area contributed by atoms with E-state index in [1.165, 1.54) is 4.52 Å². The Bertz CT molecular complexity index is 752. The van der Waals surface area contributed by atoms with Crippen molar-refractivity contribution in [1.29, 1.82) is 0 Å². The zero-order valence-corrected chi connectivity index (χ0v) is 10.8. The highest BCUT2D eigenvalue weighted by atomic mass is 35.5. The molecule has 4 nitrogen and oxygen atoms in total. The molecule has 3 aromatic rings. The Labute approximate surface area is 111 Å². The van der Waals surface area contributed by atoms with Crippen LogP contribution in [0.1, 0.15) is 10.4 Å². The molecule has 3 rings (SSSR count). The van der Waals surface area contributed by atoms with Gasteiger partial charge in [-0.15, -0.1) is 11.3 Å². The van der Waals surface area contributed by atoms with Crippen LogP contribution in [-0.4, -0.2) is 14.6 Å². The lowest BCUT2D eigenvalue weighted by Gasteiger charge is -2.02. The molecule has 90 valence electrons. The quantitative estimate of drug-likeness (QED) is 0.723. The van der Waals surface area contributed by atoms with E-state index in [1.807, 2.05) is 17.5 Å². The summed E-state index contributed by atoms with van der Waals surface area (Å²) in [5.74, 6) is 0. The van der Waals surface area contributed by atoms with Crippen molar-refractivity contribution in [3.05, 3.63) is 61.8 Å². The number of halogens is 1. The first-order valence-electron chi connectivity index (χ1n) is 5.30. The molecule has 0 radical (unpaired) electrons. The van der Waals surface area contributed by atoms with Crippen LogP contribution in [0, 0.1) is 0 Å². The van der Waals surface area contributed by atoms with Gasteiger partial charge in [0, 0.05) is 23.1 Å². The minimum absolute atomic E-state index is 0.170. The molecule has 6 heteroatoms. The molecule has 0 saturated carbocycles. The molecule has 0 aliphatic heterocycles. The Morgan fingerprint density at radius 2 is 2.22 bits per heavy atom. The first kappa shape index (κ1) is 11.4. The molecule has 3 heterocycles. The van der Waals surface area contributed by atoms with Crippen LogP contribution in [0.2, 0.25) is 5.15 Å². The van der Waals surface area contributed by atoms with E-state index in [0.29, 0.717) is 17.6 Å². The van der Waals surface area contributed by atoms with Gasteiger partial charge in [0.05, 0.1) is 0 Å². The van der Waals surface area contributed by atoms with Crippen molar-refractivity contribution in [1.82, 2.24) is 14.6 Å². The molecule has 0 amide bonds. The molecule has 0 N–H and O–H groups in total. The van der Waals surface area contributed by atoms with Crippen molar-refractivity contribution in [2.24, 2.45) is 0 Å². The van der Waals surface area contributed by atoms with Crippen LogP contribution in [0.5, 0.6) is 0 Å². The third-order valence-electron chi connectivity index (χ3n) is 2.55. The number of hydrogen-bond donors (Lipinski definition) is 0. The second-order valence-corrected chi connectivity index (χ2v) is 5.19. The maximum Gasteiger partial charge on any atom is 0.278 e. The third-order valence-corrected chi connectivity index (χ3v) is 3.62. The van der Waals surface area contributed by atoms with Crippen molar-refractivity contribution in [3.63, 3.8) is 0 Å². The van der Waals surface area contributed by atoms with E-state index in [2.05, 4.69) is 10.1 Å². The van der Waals surface area contributed by atoms with Gasteiger partial charge in [-0.05, 0) is 23.6 Å². The van der Waals surface area contributed by atoms with Crippen LogP contribution < -0.4 is 5.56 Å². The lowest BCUT2D eigenvalue weighted by molar-refractivity contribution is 0.846. The molecule has 0 spiro atoms. The number of nitrogens with zero attached hydrogens (tertiary/aromatic N) is 3.